The van der Waals surface area contributed by atoms with Gasteiger partial charge >= 0.3 is 0 Å². The summed E-state index contributed by atoms with van der Waals surface area (Å²) in [6, 6.07) is 15.6. The highest BCUT2D eigenvalue weighted by atomic mass is 16.5. The first-order valence-corrected chi connectivity index (χ1v) is 10.4. The van der Waals surface area contributed by atoms with E-state index in [1.54, 1.807) is 12.4 Å². The molecular weight excluding hydrogens is 376 g/mol. The molecule has 0 bridgehead atoms. The number of fused-ring (bicyclic) bond motifs is 2. The molecule has 152 valence electrons. The molecule has 6 heteroatoms. The Labute approximate surface area is 175 Å². The Morgan fingerprint density at radius 3 is 2.30 bits per heavy atom. The molecule has 1 saturated heterocycles. The van der Waals surface area contributed by atoms with Crippen molar-refractivity contribution in [3.63, 3.8) is 0 Å². The molecule has 5 rings (SSSR count). The third-order valence-corrected chi connectivity index (χ3v) is 6.00. The molecule has 0 aliphatic carbocycles. The second-order valence-corrected chi connectivity index (χ2v) is 7.85. The van der Waals surface area contributed by atoms with Gasteiger partial charge in [0, 0.05) is 43.2 Å². The van der Waals surface area contributed by atoms with Gasteiger partial charge < -0.3 is 15.0 Å². The monoisotopic (exact) mass is 400 g/mol. The Kier molecular flexibility index (Phi) is 5.05. The molecule has 2 aromatic carbocycles. The summed E-state index contributed by atoms with van der Waals surface area (Å²) in [6.45, 7) is 2.55. The van der Waals surface area contributed by atoms with Gasteiger partial charge in [0.05, 0.1) is 12.1 Å². The lowest BCUT2D eigenvalue weighted by molar-refractivity contribution is -0.122. The normalized spacial score (nSPS) is 16.3. The van der Waals surface area contributed by atoms with Gasteiger partial charge in [-0.15, -0.1) is 0 Å². The second kappa shape index (κ2) is 8.14. The fourth-order valence-corrected chi connectivity index (χ4v) is 4.36. The first kappa shape index (κ1) is 18.6. The van der Waals surface area contributed by atoms with Gasteiger partial charge in [-0.25, -0.2) is 4.98 Å². The predicted molar refractivity (Wildman–Crippen MR) is 115 cm³/mol. The van der Waals surface area contributed by atoms with E-state index < -0.39 is 0 Å². The number of amides is 1. The number of nitrogens with zero attached hydrogens (tertiary/aromatic N) is 3. The van der Waals surface area contributed by atoms with E-state index in [1.807, 2.05) is 54.7 Å². The lowest BCUT2D eigenvalue weighted by Gasteiger charge is -2.33. The van der Waals surface area contributed by atoms with Crippen molar-refractivity contribution in [2.24, 2.45) is 5.92 Å². The summed E-state index contributed by atoms with van der Waals surface area (Å²) in [5, 5.41) is 3.22. The minimum atomic E-state index is -0.342. The van der Waals surface area contributed by atoms with Crippen LogP contribution in [0.25, 0.3) is 0 Å². The summed E-state index contributed by atoms with van der Waals surface area (Å²) in [5.74, 6) is 2.60. The molecule has 1 aromatic heterocycles. The van der Waals surface area contributed by atoms with Crippen molar-refractivity contribution in [2.45, 2.75) is 18.8 Å². The zero-order valence-corrected chi connectivity index (χ0v) is 16.7. The van der Waals surface area contributed by atoms with E-state index in [-0.39, 0.29) is 11.8 Å². The summed E-state index contributed by atoms with van der Waals surface area (Å²) in [4.78, 5) is 24.1. The number of hydrogen-bond acceptors (Lipinski definition) is 5. The maximum atomic E-state index is 13.3. The number of carbonyl (C=O) groups excluding carboxylic acids is 1. The number of aromatic nitrogens is 2. The average Bonchev–Trinajstić information content (AvgIpc) is 2.82. The molecule has 2 aliphatic rings. The Morgan fingerprint density at radius 1 is 1.00 bits per heavy atom. The van der Waals surface area contributed by atoms with Crippen molar-refractivity contribution in [1.29, 1.82) is 0 Å². The number of carbonyl (C=O) groups is 1. The summed E-state index contributed by atoms with van der Waals surface area (Å²) in [5.41, 5.74) is 1.84. The number of rotatable bonds is 4. The number of hydrogen-bond donors (Lipinski definition) is 1. The van der Waals surface area contributed by atoms with Crippen molar-refractivity contribution < 1.29 is 9.53 Å². The topological polar surface area (TPSA) is 67.4 Å². The third-order valence-electron chi connectivity index (χ3n) is 6.00. The average molecular weight is 400 g/mol. The van der Waals surface area contributed by atoms with Crippen molar-refractivity contribution in [3.05, 3.63) is 78.2 Å². The summed E-state index contributed by atoms with van der Waals surface area (Å²) in [6.07, 6.45) is 7.28. The molecule has 3 aromatic rings. The van der Waals surface area contributed by atoms with E-state index >= 15 is 0 Å². The fourth-order valence-electron chi connectivity index (χ4n) is 4.36. The molecule has 3 heterocycles. The number of benzene rings is 2. The second-order valence-electron chi connectivity index (χ2n) is 7.85. The van der Waals surface area contributed by atoms with Crippen LogP contribution in [-0.4, -0.2) is 35.5 Å². The number of nitrogens with one attached hydrogen (secondary N) is 1. The van der Waals surface area contributed by atoms with Gasteiger partial charge in [0.1, 0.15) is 17.3 Å². The predicted octanol–water partition coefficient (Wildman–Crippen LogP) is 3.75. The molecule has 0 spiro atoms. The Morgan fingerprint density at radius 2 is 1.67 bits per heavy atom. The van der Waals surface area contributed by atoms with E-state index in [1.165, 1.54) is 0 Å². The van der Waals surface area contributed by atoms with Crippen LogP contribution >= 0.6 is 0 Å². The van der Waals surface area contributed by atoms with Crippen LogP contribution in [0.2, 0.25) is 0 Å². The van der Waals surface area contributed by atoms with Gasteiger partial charge in [-0.2, -0.15) is 0 Å². The molecule has 1 N–H and O–H groups in total. The van der Waals surface area contributed by atoms with Gasteiger partial charge in [-0.3, -0.25) is 9.78 Å². The minimum absolute atomic E-state index is 0.0366. The first-order valence-electron chi connectivity index (χ1n) is 10.4. The van der Waals surface area contributed by atoms with E-state index in [0.29, 0.717) is 12.5 Å². The Balaban J connectivity index is 1.25. The standard InChI is InChI=1S/C24H24N4O2/c29-24(27-15-17-9-13-28(14-10-17)22-16-25-11-12-26-22)23-18-5-1-3-7-20(18)30-21-8-4-2-6-19(21)23/h1-8,11-12,16-17,23H,9-10,13-15H2,(H,27,29). The van der Waals surface area contributed by atoms with Gasteiger partial charge in [0.15, 0.2) is 0 Å². The van der Waals surface area contributed by atoms with Crippen LogP contribution in [0.4, 0.5) is 5.82 Å². The van der Waals surface area contributed by atoms with Crippen LogP contribution in [-0.2, 0) is 4.79 Å². The maximum absolute atomic E-state index is 13.3. The number of para-hydroxylation sites is 2. The van der Waals surface area contributed by atoms with Crippen molar-refractivity contribution in [1.82, 2.24) is 15.3 Å². The Bertz CT molecular complexity index is 987. The lowest BCUT2D eigenvalue weighted by atomic mass is 9.87. The van der Waals surface area contributed by atoms with Crippen LogP contribution in [0.1, 0.15) is 29.9 Å². The van der Waals surface area contributed by atoms with E-state index in [9.17, 15) is 4.79 Å². The summed E-state index contributed by atoms with van der Waals surface area (Å²) >= 11 is 0. The van der Waals surface area contributed by atoms with Crippen molar-refractivity contribution in [2.75, 3.05) is 24.5 Å². The SMILES string of the molecule is O=C(NCC1CCN(c2cnccn2)CC1)C1c2ccccc2Oc2ccccc21. The molecule has 0 unspecified atom stereocenters. The summed E-state index contributed by atoms with van der Waals surface area (Å²) < 4.78 is 6.01. The molecule has 1 fully saturated rings. The molecule has 0 radical (unpaired) electrons. The van der Waals surface area contributed by atoms with Gasteiger partial charge in [0.2, 0.25) is 5.91 Å². The van der Waals surface area contributed by atoms with Crippen LogP contribution in [0, 0.1) is 5.92 Å². The van der Waals surface area contributed by atoms with E-state index in [2.05, 4.69) is 20.2 Å². The molecule has 1 amide bonds. The first-order chi connectivity index (χ1) is 14.8. The smallest absolute Gasteiger partial charge is 0.232 e. The maximum Gasteiger partial charge on any atom is 0.232 e. The zero-order chi connectivity index (χ0) is 20.3. The largest absolute Gasteiger partial charge is 0.457 e. The Hall–Kier alpha value is -3.41. The van der Waals surface area contributed by atoms with Crippen LogP contribution < -0.4 is 15.0 Å². The fraction of sp³-hybridized carbons (Fsp3) is 0.292. The van der Waals surface area contributed by atoms with Crippen LogP contribution in [0.15, 0.2) is 67.1 Å². The molecule has 2 aliphatic heterocycles. The highest BCUT2D eigenvalue weighted by Gasteiger charge is 2.32. The van der Waals surface area contributed by atoms with E-state index in [4.69, 9.17) is 4.74 Å². The van der Waals surface area contributed by atoms with Crippen molar-refractivity contribution >= 4 is 11.7 Å². The van der Waals surface area contributed by atoms with Gasteiger partial charge in [-0.1, -0.05) is 36.4 Å². The van der Waals surface area contributed by atoms with Crippen LogP contribution in [0.5, 0.6) is 11.5 Å². The van der Waals surface area contributed by atoms with Gasteiger partial charge in [-0.05, 0) is 30.9 Å². The highest BCUT2D eigenvalue weighted by molar-refractivity contribution is 5.89. The van der Waals surface area contributed by atoms with Gasteiger partial charge in [0.25, 0.3) is 0 Å². The van der Waals surface area contributed by atoms with Crippen LogP contribution in [0.3, 0.4) is 0 Å². The molecule has 0 saturated carbocycles. The zero-order valence-electron chi connectivity index (χ0n) is 16.7. The lowest BCUT2D eigenvalue weighted by Crippen LogP contribution is -2.40. The number of anilines is 1. The van der Waals surface area contributed by atoms with E-state index in [0.717, 1.165) is 54.4 Å². The number of piperidine rings is 1. The summed E-state index contributed by atoms with van der Waals surface area (Å²) in [7, 11) is 0. The molecule has 6 nitrogen and oxygen atoms in total. The molecule has 0 atom stereocenters. The quantitative estimate of drug-likeness (QED) is 0.723. The van der Waals surface area contributed by atoms with Crippen molar-refractivity contribution in [3.8, 4) is 11.5 Å². The molecule has 30 heavy (non-hydrogen) atoms. The molecular formula is C24H24N4O2. The highest BCUT2D eigenvalue weighted by Crippen LogP contribution is 2.43. The minimum Gasteiger partial charge on any atom is -0.457 e. The number of ether oxygens (including phenoxy) is 1. The third kappa shape index (κ3) is 3.61.